The van der Waals surface area contributed by atoms with Crippen LogP contribution in [-0.4, -0.2) is 61.9 Å². The molecular weight excluding hydrogens is 278 g/mol. The van der Waals surface area contributed by atoms with Gasteiger partial charge in [-0.05, 0) is 19.9 Å². The molecule has 0 bridgehead atoms. The summed E-state index contributed by atoms with van der Waals surface area (Å²) in [5.41, 5.74) is 13.0. The van der Waals surface area contributed by atoms with Crippen LogP contribution in [0, 0.1) is 0 Å². The monoisotopic (exact) mass is 308 g/mol. The van der Waals surface area contributed by atoms with E-state index < -0.39 is 0 Å². The van der Waals surface area contributed by atoms with E-state index >= 15 is 0 Å². The number of nitrogen functional groups attached to an aromatic ring is 2. The van der Waals surface area contributed by atoms with Crippen molar-refractivity contribution in [2.45, 2.75) is 26.4 Å². The summed E-state index contributed by atoms with van der Waals surface area (Å²) in [5, 5.41) is 0. The Morgan fingerprint density at radius 3 is 2.73 bits per heavy atom. The zero-order chi connectivity index (χ0) is 16.2. The van der Waals surface area contributed by atoms with Crippen LogP contribution < -0.4 is 16.4 Å². The van der Waals surface area contributed by atoms with Crippen molar-refractivity contribution in [2.75, 3.05) is 62.7 Å². The molecule has 2 rings (SSSR count). The fourth-order valence-electron chi connectivity index (χ4n) is 2.84. The van der Waals surface area contributed by atoms with Gasteiger partial charge in [-0.2, -0.15) is 0 Å². The van der Waals surface area contributed by atoms with Crippen LogP contribution >= 0.6 is 0 Å². The predicted octanol–water partition coefficient (Wildman–Crippen LogP) is 1.33. The molecule has 1 unspecified atom stereocenters. The van der Waals surface area contributed by atoms with Crippen LogP contribution in [0.4, 0.5) is 17.2 Å². The van der Waals surface area contributed by atoms with Crippen molar-refractivity contribution in [3.05, 3.63) is 12.3 Å². The fraction of sp³-hybridized carbons (Fsp3) is 0.688. The Labute approximate surface area is 133 Å². The molecule has 2 heterocycles. The van der Waals surface area contributed by atoms with Gasteiger partial charge >= 0.3 is 0 Å². The fourth-order valence-corrected chi connectivity index (χ4v) is 2.84. The molecular formula is C16H30N5O+. The number of anilines is 3. The molecule has 0 saturated carbocycles. The lowest BCUT2D eigenvalue weighted by molar-refractivity contribution is -0.906. The summed E-state index contributed by atoms with van der Waals surface area (Å²) in [7, 11) is 2.31. The molecule has 22 heavy (non-hydrogen) atoms. The molecule has 1 saturated heterocycles. The summed E-state index contributed by atoms with van der Waals surface area (Å²) in [6, 6.07) is 1.77. The second kappa shape index (κ2) is 7.15. The van der Waals surface area contributed by atoms with E-state index in [4.69, 9.17) is 16.2 Å². The topological polar surface area (TPSA) is 77.4 Å². The first-order valence-corrected chi connectivity index (χ1v) is 8.18. The molecule has 6 nitrogen and oxygen atoms in total. The van der Waals surface area contributed by atoms with E-state index in [1.54, 1.807) is 12.3 Å². The first-order chi connectivity index (χ1) is 10.5. The van der Waals surface area contributed by atoms with Gasteiger partial charge in [0.1, 0.15) is 0 Å². The number of aromatic nitrogens is 1. The SMILES string of the molecule is CC[N+](C)(CC)CCC1CN(c2ncc(N)cc2N)CCO1. The van der Waals surface area contributed by atoms with Crippen LogP contribution in [0.5, 0.6) is 0 Å². The van der Waals surface area contributed by atoms with Crippen LogP contribution in [0.3, 0.4) is 0 Å². The average molecular weight is 308 g/mol. The molecule has 0 amide bonds. The summed E-state index contributed by atoms with van der Waals surface area (Å²) >= 11 is 0. The van der Waals surface area contributed by atoms with Crippen LogP contribution in [0.15, 0.2) is 12.3 Å². The maximum atomic E-state index is 6.06. The number of ether oxygens (including phenoxy) is 1. The number of rotatable bonds is 6. The number of quaternary nitrogens is 1. The third-order valence-electron chi connectivity index (χ3n) is 4.87. The maximum absolute atomic E-state index is 6.06. The Morgan fingerprint density at radius 1 is 1.36 bits per heavy atom. The third kappa shape index (κ3) is 4.01. The Balaban J connectivity index is 1.97. The standard InChI is InChI=1S/C16H30N5O/c1-4-21(3,5-2)8-6-14-12-20(7-9-22-14)16-15(18)10-13(17)11-19-16/h10-11,14H,4-9,12,17-18H2,1-3H3/q+1. The molecule has 0 radical (unpaired) electrons. The lowest BCUT2D eigenvalue weighted by atomic mass is 10.1. The second-order valence-electron chi connectivity index (χ2n) is 6.38. The number of nitrogens with two attached hydrogens (primary N) is 2. The number of hydrogen-bond acceptors (Lipinski definition) is 5. The molecule has 0 aromatic carbocycles. The summed E-state index contributed by atoms with van der Waals surface area (Å²) < 4.78 is 7.02. The van der Waals surface area contributed by atoms with Gasteiger partial charge in [-0.15, -0.1) is 0 Å². The summed E-state index contributed by atoms with van der Waals surface area (Å²) in [4.78, 5) is 6.61. The minimum absolute atomic E-state index is 0.239. The van der Waals surface area contributed by atoms with Gasteiger partial charge in [0.15, 0.2) is 5.82 Å². The number of hydrogen-bond donors (Lipinski definition) is 2. The number of nitrogens with zero attached hydrogens (tertiary/aromatic N) is 3. The normalized spacial score (nSPS) is 19.4. The van der Waals surface area contributed by atoms with Gasteiger partial charge in [0, 0.05) is 19.5 Å². The zero-order valence-corrected chi connectivity index (χ0v) is 14.1. The molecule has 1 aromatic heterocycles. The van der Waals surface area contributed by atoms with Crippen molar-refractivity contribution in [3.8, 4) is 0 Å². The molecule has 0 spiro atoms. The van der Waals surface area contributed by atoms with Crippen molar-refractivity contribution < 1.29 is 9.22 Å². The van der Waals surface area contributed by atoms with E-state index in [1.165, 1.54) is 0 Å². The highest BCUT2D eigenvalue weighted by Crippen LogP contribution is 2.24. The van der Waals surface area contributed by atoms with Gasteiger partial charge in [0.05, 0.1) is 57.0 Å². The van der Waals surface area contributed by atoms with E-state index in [2.05, 4.69) is 30.8 Å². The van der Waals surface area contributed by atoms with Gasteiger partial charge in [-0.1, -0.05) is 0 Å². The molecule has 124 valence electrons. The molecule has 1 aliphatic heterocycles. The largest absolute Gasteiger partial charge is 0.397 e. The summed E-state index contributed by atoms with van der Waals surface area (Å²) in [5.74, 6) is 0.825. The first kappa shape index (κ1) is 16.8. The van der Waals surface area contributed by atoms with Crippen molar-refractivity contribution in [2.24, 2.45) is 0 Å². The average Bonchev–Trinajstić information content (AvgIpc) is 2.53. The minimum atomic E-state index is 0.239. The van der Waals surface area contributed by atoms with E-state index in [1.807, 2.05) is 0 Å². The molecule has 1 aromatic rings. The smallest absolute Gasteiger partial charge is 0.152 e. The molecule has 6 heteroatoms. The Bertz CT molecular complexity index is 489. The molecule has 1 atom stereocenters. The van der Waals surface area contributed by atoms with Crippen molar-refractivity contribution in [1.29, 1.82) is 0 Å². The molecule has 1 fully saturated rings. The Kier molecular flexibility index (Phi) is 5.47. The van der Waals surface area contributed by atoms with E-state index in [9.17, 15) is 0 Å². The van der Waals surface area contributed by atoms with Gasteiger partial charge in [0.25, 0.3) is 0 Å². The number of morpholine rings is 1. The Morgan fingerprint density at radius 2 is 2.09 bits per heavy atom. The Hall–Kier alpha value is -1.53. The quantitative estimate of drug-likeness (QED) is 0.775. The third-order valence-corrected chi connectivity index (χ3v) is 4.87. The maximum Gasteiger partial charge on any atom is 0.152 e. The van der Waals surface area contributed by atoms with Crippen LogP contribution in [0.1, 0.15) is 20.3 Å². The van der Waals surface area contributed by atoms with Crippen molar-refractivity contribution in [1.82, 2.24) is 4.98 Å². The number of pyridine rings is 1. The highest BCUT2D eigenvalue weighted by Gasteiger charge is 2.26. The van der Waals surface area contributed by atoms with E-state index in [-0.39, 0.29) is 6.10 Å². The highest BCUT2D eigenvalue weighted by atomic mass is 16.5. The predicted molar refractivity (Wildman–Crippen MR) is 91.8 cm³/mol. The van der Waals surface area contributed by atoms with Crippen molar-refractivity contribution >= 4 is 17.2 Å². The van der Waals surface area contributed by atoms with E-state index in [0.717, 1.165) is 56.1 Å². The van der Waals surface area contributed by atoms with Gasteiger partial charge in [-0.3, -0.25) is 0 Å². The lowest BCUT2D eigenvalue weighted by Gasteiger charge is -2.37. The van der Waals surface area contributed by atoms with Crippen LogP contribution in [-0.2, 0) is 4.74 Å². The lowest BCUT2D eigenvalue weighted by Crippen LogP contribution is -2.48. The van der Waals surface area contributed by atoms with Gasteiger partial charge in [-0.25, -0.2) is 4.98 Å². The summed E-state index contributed by atoms with van der Waals surface area (Å²) in [6.45, 7) is 10.3. The first-order valence-electron chi connectivity index (χ1n) is 8.18. The van der Waals surface area contributed by atoms with Gasteiger partial charge in [0.2, 0.25) is 0 Å². The van der Waals surface area contributed by atoms with Crippen molar-refractivity contribution in [3.63, 3.8) is 0 Å². The molecule has 0 aliphatic carbocycles. The molecule has 4 N–H and O–H groups in total. The second-order valence-corrected chi connectivity index (χ2v) is 6.38. The molecule has 1 aliphatic rings. The van der Waals surface area contributed by atoms with Crippen LogP contribution in [0.2, 0.25) is 0 Å². The minimum Gasteiger partial charge on any atom is -0.397 e. The van der Waals surface area contributed by atoms with Crippen LogP contribution in [0.25, 0.3) is 0 Å². The highest BCUT2D eigenvalue weighted by molar-refractivity contribution is 5.67. The van der Waals surface area contributed by atoms with E-state index in [0.29, 0.717) is 11.4 Å². The summed E-state index contributed by atoms with van der Waals surface area (Å²) in [6.07, 6.45) is 2.96. The van der Waals surface area contributed by atoms with Gasteiger partial charge < -0.3 is 25.6 Å². The zero-order valence-electron chi connectivity index (χ0n) is 14.1.